The van der Waals surface area contributed by atoms with E-state index >= 15 is 0 Å². The smallest absolute Gasteiger partial charge is 0.0860 e. The molecule has 0 radical (unpaired) electrons. The first kappa shape index (κ1) is 26.2. The molecule has 45 heavy (non-hydrogen) atoms. The van der Waals surface area contributed by atoms with Crippen molar-refractivity contribution in [1.29, 1.82) is 0 Å². The molecule has 9 rings (SSSR count). The molecule has 2 atom stereocenters. The Kier molecular flexibility index (Phi) is 6.23. The van der Waals surface area contributed by atoms with Crippen molar-refractivity contribution in [2.75, 3.05) is 6.67 Å². The standard InChI is InChI=1S/C41H32N4/c1-3-11-27(12-4-1)31-23-32(41-43-26-42-40(44-41)30-15-5-2-6-16-30)25-33(24-31)45-36-21-19-28-13-7-9-17-34(28)38(36)39-35-18-10-8-14-29(35)20-22-37(39)45/h1-25,40-44H,26H2. The quantitative estimate of drug-likeness (QED) is 0.194. The first-order valence-electron chi connectivity index (χ1n) is 15.6. The SMILES string of the molecule is c1ccc(-c2cc(C3NCNC(c4ccccc4)N3)cc(-n3c4ccc5ccccc5c4c4c5ccccc5ccc43)c2)cc1. The zero-order valence-corrected chi connectivity index (χ0v) is 24.7. The van der Waals surface area contributed by atoms with Gasteiger partial charge in [-0.2, -0.15) is 0 Å². The molecule has 0 aliphatic carbocycles. The fraction of sp³-hybridized carbons (Fsp3) is 0.0732. The highest BCUT2D eigenvalue weighted by atomic mass is 15.3. The van der Waals surface area contributed by atoms with Gasteiger partial charge in [-0.25, -0.2) is 0 Å². The van der Waals surface area contributed by atoms with Gasteiger partial charge in [-0.1, -0.05) is 121 Å². The van der Waals surface area contributed by atoms with Crippen LogP contribution < -0.4 is 16.0 Å². The van der Waals surface area contributed by atoms with Gasteiger partial charge in [0.25, 0.3) is 0 Å². The van der Waals surface area contributed by atoms with Gasteiger partial charge in [-0.05, 0) is 74.1 Å². The molecule has 1 fully saturated rings. The van der Waals surface area contributed by atoms with Crippen LogP contribution in [0.5, 0.6) is 0 Å². The number of hydrogen-bond donors (Lipinski definition) is 3. The third-order valence-electron chi connectivity index (χ3n) is 9.26. The minimum Gasteiger partial charge on any atom is -0.309 e. The van der Waals surface area contributed by atoms with Crippen LogP contribution in [0.3, 0.4) is 0 Å². The summed E-state index contributed by atoms with van der Waals surface area (Å²) in [5.41, 5.74) is 8.39. The van der Waals surface area contributed by atoms with Crippen LogP contribution in [0.2, 0.25) is 0 Å². The molecule has 0 spiro atoms. The van der Waals surface area contributed by atoms with Crippen LogP contribution in [0.4, 0.5) is 0 Å². The zero-order chi connectivity index (χ0) is 29.7. The minimum atomic E-state index is -0.0337. The summed E-state index contributed by atoms with van der Waals surface area (Å²) in [5, 5.41) is 18.8. The lowest BCUT2D eigenvalue weighted by Gasteiger charge is -2.34. The predicted octanol–water partition coefficient (Wildman–Crippen LogP) is 9.19. The molecule has 4 nitrogen and oxygen atoms in total. The fourth-order valence-electron chi connectivity index (χ4n) is 7.18. The molecule has 4 heteroatoms. The molecular weight excluding hydrogens is 548 g/mol. The Morgan fingerprint density at radius 2 is 1.02 bits per heavy atom. The second-order valence-electron chi connectivity index (χ2n) is 11.9. The molecule has 0 saturated carbocycles. The number of rotatable bonds is 4. The first-order valence-corrected chi connectivity index (χ1v) is 15.6. The molecule has 1 saturated heterocycles. The van der Waals surface area contributed by atoms with Crippen molar-refractivity contribution in [3.05, 3.63) is 163 Å². The molecular formula is C41H32N4. The lowest BCUT2D eigenvalue weighted by Crippen LogP contribution is -2.52. The maximum Gasteiger partial charge on any atom is 0.0860 e. The van der Waals surface area contributed by atoms with Crippen molar-refractivity contribution in [1.82, 2.24) is 20.5 Å². The topological polar surface area (TPSA) is 41.0 Å². The van der Waals surface area contributed by atoms with Crippen molar-refractivity contribution in [3.63, 3.8) is 0 Å². The van der Waals surface area contributed by atoms with E-state index in [0.29, 0.717) is 6.67 Å². The monoisotopic (exact) mass is 580 g/mol. The first-order chi connectivity index (χ1) is 22.3. The number of hydrogen-bond acceptors (Lipinski definition) is 3. The van der Waals surface area contributed by atoms with Gasteiger partial charge in [0.05, 0.1) is 23.4 Å². The van der Waals surface area contributed by atoms with E-state index in [1.54, 1.807) is 0 Å². The molecule has 0 amide bonds. The largest absolute Gasteiger partial charge is 0.309 e. The molecule has 1 aromatic heterocycles. The fourth-order valence-corrected chi connectivity index (χ4v) is 7.18. The Hall–Kier alpha value is -5.26. The van der Waals surface area contributed by atoms with Gasteiger partial charge in [0.15, 0.2) is 0 Å². The van der Waals surface area contributed by atoms with Crippen LogP contribution in [-0.2, 0) is 0 Å². The summed E-state index contributed by atoms with van der Waals surface area (Å²) in [7, 11) is 0. The van der Waals surface area contributed by atoms with E-state index in [-0.39, 0.29) is 12.3 Å². The summed E-state index contributed by atoms with van der Waals surface area (Å²) >= 11 is 0. The van der Waals surface area contributed by atoms with E-state index in [1.807, 2.05) is 0 Å². The average Bonchev–Trinajstić information content (AvgIpc) is 3.48. The van der Waals surface area contributed by atoms with Gasteiger partial charge in [0.1, 0.15) is 0 Å². The van der Waals surface area contributed by atoms with Crippen molar-refractivity contribution in [2.24, 2.45) is 0 Å². The van der Waals surface area contributed by atoms with Crippen molar-refractivity contribution in [3.8, 4) is 16.8 Å². The lowest BCUT2D eigenvalue weighted by atomic mass is 9.99. The summed E-state index contributed by atoms with van der Waals surface area (Å²) in [6.07, 6.45) is 0.0147. The average molecular weight is 581 g/mol. The summed E-state index contributed by atoms with van der Waals surface area (Å²) in [6.45, 7) is 0.704. The van der Waals surface area contributed by atoms with Crippen LogP contribution >= 0.6 is 0 Å². The normalized spacial score (nSPS) is 17.0. The molecule has 3 N–H and O–H groups in total. The third-order valence-corrected chi connectivity index (χ3v) is 9.26. The molecule has 2 unspecified atom stereocenters. The number of nitrogens with zero attached hydrogens (tertiary/aromatic N) is 1. The van der Waals surface area contributed by atoms with E-state index in [2.05, 4.69) is 172 Å². The highest BCUT2D eigenvalue weighted by Gasteiger charge is 2.24. The van der Waals surface area contributed by atoms with E-state index in [1.165, 1.54) is 65.6 Å². The Bertz CT molecular complexity index is 2250. The highest BCUT2D eigenvalue weighted by Crippen LogP contribution is 2.41. The second-order valence-corrected chi connectivity index (χ2v) is 11.9. The molecule has 7 aromatic carbocycles. The predicted molar refractivity (Wildman–Crippen MR) is 187 cm³/mol. The number of fused-ring (bicyclic) bond motifs is 7. The molecule has 1 aliphatic heterocycles. The molecule has 0 bridgehead atoms. The van der Waals surface area contributed by atoms with Crippen molar-refractivity contribution < 1.29 is 0 Å². The van der Waals surface area contributed by atoms with E-state index in [4.69, 9.17) is 0 Å². The summed E-state index contributed by atoms with van der Waals surface area (Å²) in [4.78, 5) is 0. The van der Waals surface area contributed by atoms with Gasteiger partial charge in [-0.3, -0.25) is 16.0 Å². The minimum absolute atomic E-state index is 0.0337. The third kappa shape index (κ3) is 4.42. The number of nitrogens with one attached hydrogen (secondary N) is 3. The zero-order valence-electron chi connectivity index (χ0n) is 24.7. The Labute approximate surface area is 261 Å². The maximum atomic E-state index is 3.83. The molecule has 1 aliphatic rings. The Morgan fingerprint density at radius 1 is 0.467 bits per heavy atom. The summed E-state index contributed by atoms with van der Waals surface area (Å²) in [5.74, 6) is 0. The van der Waals surface area contributed by atoms with Crippen molar-refractivity contribution >= 4 is 43.4 Å². The van der Waals surface area contributed by atoms with Crippen LogP contribution in [0.15, 0.2) is 152 Å². The van der Waals surface area contributed by atoms with Gasteiger partial charge >= 0.3 is 0 Å². The maximum absolute atomic E-state index is 3.83. The van der Waals surface area contributed by atoms with E-state index < -0.39 is 0 Å². The highest BCUT2D eigenvalue weighted by molar-refractivity contribution is 6.28. The summed E-state index contributed by atoms with van der Waals surface area (Å²) < 4.78 is 2.47. The van der Waals surface area contributed by atoms with Crippen molar-refractivity contribution in [2.45, 2.75) is 12.3 Å². The van der Waals surface area contributed by atoms with E-state index in [9.17, 15) is 0 Å². The lowest BCUT2D eigenvalue weighted by molar-refractivity contribution is 0.267. The molecule has 2 heterocycles. The van der Waals surface area contributed by atoms with Gasteiger partial charge in [-0.15, -0.1) is 0 Å². The van der Waals surface area contributed by atoms with Crippen LogP contribution in [0, 0.1) is 0 Å². The molecule has 216 valence electrons. The van der Waals surface area contributed by atoms with Gasteiger partial charge in [0, 0.05) is 23.1 Å². The van der Waals surface area contributed by atoms with Gasteiger partial charge in [0.2, 0.25) is 0 Å². The Balaban J connectivity index is 1.31. The summed E-state index contributed by atoms with van der Waals surface area (Å²) in [6, 6.07) is 55.0. The number of aromatic nitrogens is 1. The molecule has 8 aromatic rings. The van der Waals surface area contributed by atoms with Crippen LogP contribution in [-0.4, -0.2) is 11.2 Å². The second kappa shape index (κ2) is 10.7. The Morgan fingerprint density at radius 3 is 1.67 bits per heavy atom. The van der Waals surface area contributed by atoms with Crippen LogP contribution in [0.25, 0.3) is 60.2 Å². The number of benzene rings is 7. The van der Waals surface area contributed by atoms with Crippen LogP contribution in [0.1, 0.15) is 23.5 Å². The van der Waals surface area contributed by atoms with Gasteiger partial charge < -0.3 is 4.57 Å². The van der Waals surface area contributed by atoms with E-state index in [0.717, 1.165) is 5.69 Å².